The molecule has 9 heteroatoms. The highest BCUT2D eigenvalue weighted by molar-refractivity contribution is 9.10. The summed E-state index contributed by atoms with van der Waals surface area (Å²) >= 11 is 9.66. The van der Waals surface area contributed by atoms with Gasteiger partial charge in [-0.15, -0.1) is 10.2 Å². The van der Waals surface area contributed by atoms with Gasteiger partial charge >= 0.3 is 0 Å². The molecule has 0 spiro atoms. The number of nitrogens with one attached hydrogen (secondary N) is 1. The molecule has 0 aliphatic rings. The molecule has 154 valence electrons. The summed E-state index contributed by atoms with van der Waals surface area (Å²) in [4.78, 5) is 11.8. The molecular weight excluding hydrogens is 480 g/mol. The first kappa shape index (κ1) is 19.7. The fourth-order valence-electron chi connectivity index (χ4n) is 3.72. The minimum absolute atomic E-state index is 0.0495. The molecule has 0 saturated heterocycles. The lowest BCUT2D eigenvalue weighted by Crippen LogP contribution is -1.98. The normalized spacial score (nSPS) is 11.9. The quantitative estimate of drug-likeness (QED) is 0.263. The van der Waals surface area contributed by atoms with Crippen LogP contribution in [0, 0.1) is 13.8 Å². The topological polar surface area (TPSA) is 91.4 Å². The van der Waals surface area contributed by atoms with E-state index >= 15 is 0 Å². The van der Waals surface area contributed by atoms with Crippen LogP contribution in [0.25, 0.3) is 27.6 Å². The third kappa shape index (κ3) is 3.28. The van der Waals surface area contributed by atoms with Gasteiger partial charge in [-0.25, -0.2) is 9.97 Å². The number of aromatic hydroxyl groups is 1. The molecular formula is C22H16BrClN6O. The zero-order chi connectivity index (χ0) is 21.7. The number of aryl methyl sites for hydroxylation is 1. The highest BCUT2D eigenvalue weighted by Gasteiger charge is 2.18. The number of benzene rings is 2. The van der Waals surface area contributed by atoms with E-state index in [1.54, 1.807) is 0 Å². The second-order valence-electron chi connectivity index (χ2n) is 7.13. The first-order valence-corrected chi connectivity index (χ1v) is 10.6. The molecule has 5 rings (SSSR count). The first-order valence-electron chi connectivity index (χ1n) is 9.44. The molecule has 0 bridgehead atoms. The van der Waals surface area contributed by atoms with E-state index in [0.717, 1.165) is 37.7 Å². The molecule has 0 radical (unpaired) electrons. The van der Waals surface area contributed by atoms with Gasteiger partial charge in [0, 0.05) is 26.3 Å². The number of fused-ring (bicyclic) bond motifs is 2. The predicted octanol–water partition coefficient (Wildman–Crippen LogP) is 7.06. The Labute approximate surface area is 190 Å². The molecule has 5 aromatic rings. The van der Waals surface area contributed by atoms with E-state index in [0.29, 0.717) is 22.2 Å². The Kier molecular flexibility index (Phi) is 4.75. The fourth-order valence-corrected chi connectivity index (χ4v) is 4.27. The number of nitrogens with zero attached hydrogens (tertiary/aromatic N) is 5. The number of aromatic amines is 1. The maximum absolute atomic E-state index is 10.3. The number of hydrogen-bond acceptors (Lipinski definition) is 5. The smallest absolute Gasteiger partial charge is 0.218 e. The van der Waals surface area contributed by atoms with E-state index in [1.807, 2.05) is 60.9 Å². The number of aromatic nitrogens is 4. The summed E-state index contributed by atoms with van der Waals surface area (Å²) < 4.78 is 2.90. The Hall–Kier alpha value is -3.23. The second-order valence-corrected chi connectivity index (χ2v) is 8.49. The lowest BCUT2D eigenvalue weighted by atomic mass is 10.2. The summed E-state index contributed by atoms with van der Waals surface area (Å²) in [5.74, 6) is 0.377. The largest absolute Gasteiger partial charge is 0.493 e. The highest BCUT2D eigenvalue weighted by atomic mass is 79.9. The average molecular weight is 496 g/mol. The molecule has 0 unspecified atom stereocenters. The number of hydrogen-bond donors (Lipinski definition) is 2. The van der Waals surface area contributed by atoms with Crippen molar-refractivity contribution in [2.75, 3.05) is 0 Å². The van der Waals surface area contributed by atoms with Crippen LogP contribution >= 0.6 is 27.5 Å². The minimum Gasteiger partial charge on any atom is -0.493 e. The monoisotopic (exact) mass is 494 g/mol. The predicted molar refractivity (Wildman–Crippen MR) is 125 cm³/mol. The van der Waals surface area contributed by atoms with Crippen molar-refractivity contribution in [2.45, 2.75) is 13.8 Å². The van der Waals surface area contributed by atoms with Gasteiger partial charge in [0.25, 0.3) is 0 Å². The van der Waals surface area contributed by atoms with Crippen LogP contribution in [0.3, 0.4) is 0 Å². The zero-order valence-electron chi connectivity index (χ0n) is 16.6. The SMILES string of the molecule is Cc1c(C)n(-c2cccc(Cl)c2)c2ncnc(N=Nc3c(O)[nH]c4ccc(Br)cc34)c12. The van der Waals surface area contributed by atoms with Crippen molar-refractivity contribution in [3.8, 4) is 11.6 Å². The Morgan fingerprint density at radius 3 is 2.74 bits per heavy atom. The fraction of sp³-hybridized carbons (Fsp3) is 0.0909. The number of rotatable bonds is 3. The van der Waals surface area contributed by atoms with Crippen molar-refractivity contribution in [2.24, 2.45) is 10.2 Å². The Balaban J connectivity index is 1.68. The third-order valence-electron chi connectivity index (χ3n) is 5.30. The van der Waals surface area contributed by atoms with Crippen LogP contribution in [0.1, 0.15) is 11.3 Å². The average Bonchev–Trinajstić information content (AvgIpc) is 3.19. The van der Waals surface area contributed by atoms with Gasteiger partial charge < -0.3 is 10.1 Å². The Morgan fingerprint density at radius 1 is 1.10 bits per heavy atom. The number of halogens is 2. The summed E-state index contributed by atoms with van der Waals surface area (Å²) in [6, 6.07) is 13.2. The summed E-state index contributed by atoms with van der Waals surface area (Å²) in [5, 5.41) is 21.2. The van der Waals surface area contributed by atoms with Gasteiger partial charge in [0.2, 0.25) is 5.88 Å². The molecule has 0 aliphatic heterocycles. The summed E-state index contributed by atoms with van der Waals surface area (Å²) in [6.07, 6.45) is 1.46. The summed E-state index contributed by atoms with van der Waals surface area (Å²) in [6.45, 7) is 4.02. The van der Waals surface area contributed by atoms with Crippen molar-refractivity contribution in [1.82, 2.24) is 19.5 Å². The van der Waals surface area contributed by atoms with E-state index in [-0.39, 0.29) is 5.88 Å². The van der Waals surface area contributed by atoms with Crippen molar-refractivity contribution < 1.29 is 5.11 Å². The van der Waals surface area contributed by atoms with Gasteiger partial charge in [-0.05, 0) is 55.8 Å². The van der Waals surface area contributed by atoms with Crippen LogP contribution in [-0.2, 0) is 0 Å². The van der Waals surface area contributed by atoms with E-state index < -0.39 is 0 Å². The molecule has 0 fully saturated rings. The van der Waals surface area contributed by atoms with Gasteiger partial charge in [0.15, 0.2) is 17.2 Å². The molecule has 0 atom stereocenters. The number of H-pyrrole nitrogens is 1. The number of azo groups is 1. The van der Waals surface area contributed by atoms with E-state index in [1.165, 1.54) is 6.33 Å². The molecule has 0 saturated carbocycles. The first-order chi connectivity index (χ1) is 14.9. The van der Waals surface area contributed by atoms with Gasteiger partial charge in [-0.2, -0.15) is 0 Å². The van der Waals surface area contributed by atoms with Crippen LogP contribution in [0.5, 0.6) is 5.88 Å². The maximum atomic E-state index is 10.3. The highest BCUT2D eigenvalue weighted by Crippen LogP contribution is 2.39. The zero-order valence-corrected chi connectivity index (χ0v) is 18.9. The van der Waals surface area contributed by atoms with Crippen molar-refractivity contribution in [3.63, 3.8) is 0 Å². The lowest BCUT2D eigenvalue weighted by Gasteiger charge is -2.08. The van der Waals surface area contributed by atoms with Gasteiger partial charge in [-0.3, -0.25) is 4.57 Å². The van der Waals surface area contributed by atoms with Crippen molar-refractivity contribution >= 4 is 61.0 Å². The van der Waals surface area contributed by atoms with Crippen LogP contribution < -0.4 is 0 Å². The molecule has 3 aromatic heterocycles. The summed E-state index contributed by atoms with van der Waals surface area (Å²) in [7, 11) is 0. The lowest BCUT2D eigenvalue weighted by molar-refractivity contribution is 0.459. The van der Waals surface area contributed by atoms with Crippen LogP contribution in [-0.4, -0.2) is 24.6 Å². The van der Waals surface area contributed by atoms with Crippen LogP contribution in [0.15, 0.2) is 63.5 Å². The molecule has 2 N–H and O–H groups in total. The van der Waals surface area contributed by atoms with E-state index in [9.17, 15) is 5.11 Å². The maximum Gasteiger partial charge on any atom is 0.218 e. The van der Waals surface area contributed by atoms with E-state index in [4.69, 9.17) is 11.6 Å². The molecule has 3 heterocycles. The Bertz CT molecular complexity index is 1500. The van der Waals surface area contributed by atoms with Crippen LogP contribution in [0.4, 0.5) is 11.5 Å². The van der Waals surface area contributed by atoms with Gasteiger partial charge in [-0.1, -0.05) is 33.6 Å². The van der Waals surface area contributed by atoms with Crippen molar-refractivity contribution in [3.05, 3.63) is 69.5 Å². The molecule has 7 nitrogen and oxygen atoms in total. The Morgan fingerprint density at radius 2 is 1.94 bits per heavy atom. The summed E-state index contributed by atoms with van der Waals surface area (Å²) in [5.41, 5.74) is 4.74. The molecule has 2 aromatic carbocycles. The molecule has 31 heavy (non-hydrogen) atoms. The third-order valence-corrected chi connectivity index (χ3v) is 6.03. The second kappa shape index (κ2) is 7.47. The van der Waals surface area contributed by atoms with Crippen molar-refractivity contribution in [1.29, 1.82) is 0 Å². The van der Waals surface area contributed by atoms with E-state index in [2.05, 4.69) is 41.1 Å². The van der Waals surface area contributed by atoms with Crippen LogP contribution in [0.2, 0.25) is 5.02 Å². The molecule has 0 aliphatic carbocycles. The molecule has 0 amide bonds. The van der Waals surface area contributed by atoms with Gasteiger partial charge in [0.1, 0.15) is 6.33 Å². The van der Waals surface area contributed by atoms with Gasteiger partial charge in [0.05, 0.1) is 10.9 Å². The minimum atomic E-state index is -0.0495. The standard InChI is InChI=1S/C22H16BrClN6O/c1-11-12(2)30(15-5-3-4-14(24)9-15)21-18(11)20(25-10-26-21)29-28-19-16-8-13(23)6-7-17(16)27-22(19)31/h3-10,27,31H,1-2H3.